The predicted octanol–water partition coefficient (Wildman–Crippen LogP) is 7.31. The number of hydrogen-bond donors (Lipinski definition) is 1. The molecule has 1 N–H and O–H groups in total. The van der Waals surface area contributed by atoms with E-state index in [1.807, 2.05) is 0 Å². The second kappa shape index (κ2) is 8.27. The maximum Gasteiger partial charge on any atom is 0.135 e. The van der Waals surface area contributed by atoms with Crippen LogP contribution in [-0.2, 0) is 0 Å². The van der Waals surface area contributed by atoms with Crippen molar-refractivity contribution in [3.8, 4) is 5.75 Å². The Balaban J connectivity index is 1.62. The van der Waals surface area contributed by atoms with E-state index in [9.17, 15) is 0 Å². The fourth-order valence-electron chi connectivity index (χ4n) is 3.35. The maximum atomic E-state index is 6.07. The first kappa shape index (κ1) is 18.3. The molecule has 2 nitrogen and oxygen atoms in total. The molecular weight excluding hydrogens is 374 g/mol. The van der Waals surface area contributed by atoms with Gasteiger partial charge in [-0.05, 0) is 46.3 Å². The number of halogens is 1. The third kappa shape index (κ3) is 4.58. The summed E-state index contributed by atoms with van der Waals surface area (Å²) in [5.74, 6) is 2.45. The van der Waals surface area contributed by atoms with Gasteiger partial charge in [-0.3, -0.25) is 0 Å². The van der Waals surface area contributed by atoms with Crippen LogP contribution in [0.2, 0.25) is 0 Å². The van der Waals surface area contributed by atoms with Gasteiger partial charge in [-0.25, -0.2) is 0 Å². The number of nitrogens with one attached hydrogen (secondary N) is 1. The number of aromatic nitrogens is 1. The van der Waals surface area contributed by atoms with Crippen molar-refractivity contribution in [2.75, 3.05) is 6.61 Å². The van der Waals surface area contributed by atoms with Crippen molar-refractivity contribution in [1.29, 1.82) is 0 Å². The molecule has 0 fully saturated rings. The molecule has 1 heterocycles. The van der Waals surface area contributed by atoms with E-state index in [1.165, 1.54) is 35.6 Å². The summed E-state index contributed by atoms with van der Waals surface area (Å²) >= 11 is 3.67. The second-order valence-electron chi connectivity index (χ2n) is 7.57. The van der Waals surface area contributed by atoms with Crippen LogP contribution in [0, 0.1) is 11.8 Å². The molecule has 0 bridgehead atoms. The van der Waals surface area contributed by atoms with E-state index in [1.54, 1.807) is 0 Å². The van der Waals surface area contributed by atoms with Gasteiger partial charge in [0.05, 0.1) is 16.6 Å². The molecule has 0 radical (unpaired) electrons. The van der Waals surface area contributed by atoms with Gasteiger partial charge in [0.2, 0.25) is 0 Å². The van der Waals surface area contributed by atoms with Gasteiger partial charge in [-0.2, -0.15) is 0 Å². The Kier molecular flexibility index (Phi) is 6.06. The molecule has 0 aliphatic heterocycles. The average molecular weight is 402 g/mol. The van der Waals surface area contributed by atoms with Crippen LogP contribution in [0.15, 0.2) is 40.9 Å². The first-order valence-electron chi connectivity index (χ1n) is 9.37. The van der Waals surface area contributed by atoms with Gasteiger partial charge < -0.3 is 9.72 Å². The highest BCUT2D eigenvalue weighted by molar-refractivity contribution is 9.10. The Morgan fingerprint density at radius 3 is 2.56 bits per heavy atom. The summed E-state index contributed by atoms with van der Waals surface area (Å²) in [5, 5.41) is 2.49. The Morgan fingerprint density at radius 2 is 1.76 bits per heavy atom. The van der Waals surface area contributed by atoms with Crippen molar-refractivity contribution in [1.82, 2.24) is 4.98 Å². The molecule has 0 aliphatic rings. The fourth-order valence-corrected chi connectivity index (χ4v) is 3.81. The van der Waals surface area contributed by atoms with Gasteiger partial charge in [0, 0.05) is 22.4 Å². The Hall–Kier alpha value is -1.48. The van der Waals surface area contributed by atoms with Gasteiger partial charge >= 0.3 is 0 Å². The number of rotatable bonds is 8. The summed E-state index contributed by atoms with van der Waals surface area (Å²) in [7, 11) is 0. The van der Waals surface area contributed by atoms with E-state index >= 15 is 0 Å². The second-order valence-corrected chi connectivity index (χ2v) is 8.42. The van der Waals surface area contributed by atoms with Crippen LogP contribution in [0.5, 0.6) is 5.75 Å². The SMILES string of the molecule is CC(C)CCCC(C)CCOc1cc2[nH]c3ccccc3c2cc1Br. The number of aromatic amines is 1. The number of benzene rings is 2. The van der Waals surface area contributed by atoms with Crippen LogP contribution in [0.3, 0.4) is 0 Å². The molecule has 0 saturated carbocycles. The fraction of sp³-hybridized carbons (Fsp3) is 0.455. The molecule has 0 amide bonds. The number of fused-ring (bicyclic) bond motifs is 3. The number of para-hydroxylation sites is 1. The van der Waals surface area contributed by atoms with E-state index in [4.69, 9.17) is 4.74 Å². The van der Waals surface area contributed by atoms with Crippen molar-refractivity contribution in [3.63, 3.8) is 0 Å². The summed E-state index contributed by atoms with van der Waals surface area (Å²) in [6, 6.07) is 12.7. The van der Waals surface area contributed by atoms with Crippen molar-refractivity contribution in [2.24, 2.45) is 11.8 Å². The third-order valence-electron chi connectivity index (χ3n) is 4.91. The van der Waals surface area contributed by atoms with Gasteiger partial charge in [0.25, 0.3) is 0 Å². The first-order chi connectivity index (χ1) is 12.0. The lowest BCUT2D eigenvalue weighted by molar-refractivity contribution is 0.274. The summed E-state index contributed by atoms with van der Waals surface area (Å²) in [5.41, 5.74) is 2.30. The maximum absolute atomic E-state index is 6.07. The molecular formula is C22H28BrNO. The first-order valence-corrected chi connectivity index (χ1v) is 10.2. The molecule has 3 heteroatoms. The molecule has 1 aromatic heterocycles. The van der Waals surface area contributed by atoms with Gasteiger partial charge in [-0.15, -0.1) is 0 Å². The minimum absolute atomic E-state index is 0.717. The highest BCUT2D eigenvalue weighted by atomic mass is 79.9. The van der Waals surface area contributed by atoms with Crippen LogP contribution in [0.25, 0.3) is 21.8 Å². The predicted molar refractivity (Wildman–Crippen MR) is 111 cm³/mol. The Labute approximate surface area is 159 Å². The smallest absolute Gasteiger partial charge is 0.135 e. The van der Waals surface area contributed by atoms with Gasteiger partial charge in [-0.1, -0.05) is 58.2 Å². The zero-order valence-electron chi connectivity index (χ0n) is 15.4. The highest BCUT2D eigenvalue weighted by Gasteiger charge is 2.10. The van der Waals surface area contributed by atoms with E-state index in [0.717, 1.165) is 34.7 Å². The number of hydrogen-bond acceptors (Lipinski definition) is 1. The zero-order valence-corrected chi connectivity index (χ0v) is 17.0. The van der Waals surface area contributed by atoms with E-state index in [-0.39, 0.29) is 0 Å². The summed E-state index contributed by atoms with van der Waals surface area (Å²) in [6.45, 7) is 7.70. The topological polar surface area (TPSA) is 25.0 Å². The van der Waals surface area contributed by atoms with Gasteiger partial charge in [0.15, 0.2) is 0 Å². The summed E-state index contributed by atoms with van der Waals surface area (Å²) < 4.78 is 7.10. The third-order valence-corrected chi connectivity index (χ3v) is 5.52. The normalized spacial score (nSPS) is 13.0. The van der Waals surface area contributed by atoms with Crippen LogP contribution >= 0.6 is 15.9 Å². The molecule has 0 spiro atoms. The molecule has 1 atom stereocenters. The molecule has 1 unspecified atom stereocenters. The molecule has 0 aliphatic carbocycles. The van der Waals surface area contributed by atoms with Crippen molar-refractivity contribution in [3.05, 3.63) is 40.9 Å². The van der Waals surface area contributed by atoms with Gasteiger partial charge in [0.1, 0.15) is 5.75 Å². The lowest BCUT2D eigenvalue weighted by Gasteiger charge is -2.14. The van der Waals surface area contributed by atoms with Crippen LogP contribution in [0.4, 0.5) is 0 Å². The van der Waals surface area contributed by atoms with Crippen molar-refractivity contribution in [2.45, 2.75) is 46.5 Å². The summed E-state index contributed by atoms with van der Waals surface area (Å²) in [6.07, 6.45) is 5.05. The van der Waals surface area contributed by atoms with Crippen molar-refractivity contribution >= 4 is 37.7 Å². The van der Waals surface area contributed by atoms with Crippen LogP contribution < -0.4 is 4.74 Å². The summed E-state index contributed by atoms with van der Waals surface area (Å²) in [4.78, 5) is 3.48. The number of H-pyrrole nitrogens is 1. The molecule has 25 heavy (non-hydrogen) atoms. The molecule has 0 saturated heterocycles. The molecule has 134 valence electrons. The standard InChI is InChI=1S/C22H28BrNO/c1-15(2)7-6-8-16(3)11-12-25-22-14-21-18(13-19(22)23)17-9-4-5-10-20(17)24-21/h4-5,9-10,13-16,24H,6-8,11-12H2,1-3H3. The van der Waals surface area contributed by atoms with E-state index < -0.39 is 0 Å². The zero-order chi connectivity index (χ0) is 17.8. The highest BCUT2D eigenvalue weighted by Crippen LogP contribution is 2.34. The minimum Gasteiger partial charge on any atom is -0.492 e. The molecule has 3 aromatic rings. The number of ether oxygens (including phenoxy) is 1. The van der Waals surface area contributed by atoms with E-state index in [0.29, 0.717) is 5.92 Å². The van der Waals surface area contributed by atoms with Crippen LogP contribution in [-0.4, -0.2) is 11.6 Å². The quantitative estimate of drug-likeness (QED) is 0.420. The molecule has 3 rings (SSSR count). The van der Waals surface area contributed by atoms with E-state index in [2.05, 4.69) is 78.1 Å². The largest absolute Gasteiger partial charge is 0.492 e. The average Bonchev–Trinajstić information content (AvgIpc) is 2.92. The van der Waals surface area contributed by atoms with Crippen molar-refractivity contribution < 1.29 is 4.74 Å². The molecule has 2 aromatic carbocycles. The monoisotopic (exact) mass is 401 g/mol. The lowest BCUT2D eigenvalue weighted by atomic mass is 9.98. The minimum atomic E-state index is 0.717. The Morgan fingerprint density at radius 1 is 0.960 bits per heavy atom. The van der Waals surface area contributed by atoms with Crippen LogP contribution in [0.1, 0.15) is 46.5 Å². The Bertz CT molecular complexity index is 837. The lowest BCUT2D eigenvalue weighted by Crippen LogP contribution is -2.05.